The first-order chi connectivity index (χ1) is 9.75. The molecule has 1 aromatic carbocycles. The molecule has 0 spiro atoms. The summed E-state index contributed by atoms with van der Waals surface area (Å²) in [4.78, 5) is 15.8. The summed E-state index contributed by atoms with van der Waals surface area (Å²) in [7, 11) is 0. The number of fused-ring (bicyclic) bond motifs is 1. The zero-order valence-corrected chi connectivity index (χ0v) is 12.5. The molecule has 0 N–H and O–H groups in total. The molecule has 3 rings (SSSR count). The third-order valence-corrected chi connectivity index (χ3v) is 4.81. The first-order valence-corrected chi connectivity index (χ1v) is 8.06. The average Bonchev–Trinajstić information content (AvgIpc) is 3.04. The summed E-state index contributed by atoms with van der Waals surface area (Å²) in [5.41, 5.74) is 2.41. The molecule has 1 aromatic heterocycles. The van der Waals surface area contributed by atoms with Crippen molar-refractivity contribution < 1.29 is 4.79 Å². The van der Waals surface area contributed by atoms with Crippen LogP contribution in [-0.4, -0.2) is 11.9 Å². The van der Waals surface area contributed by atoms with Crippen LogP contribution in [0.4, 0.5) is 5.69 Å². The van der Waals surface area contributed by atoms with Gasteiger partial charge in [-0.25, -0.2) is 0 Å². The van der Waals surface area contributed by atoms with Crippen LogP contribution in [0, 0.1) is 0 Å². The topological polar surface area (TPSA) is 20.3 Å². The smallest absolute Gasteiger partial charge is 0.227 e. The minimum atomic E-state index is 0.263. The number of nitrogens with zero attached hydrogens (tertiary/aromatic N) is 1. The molecule has 0 aliphatic carbocycles. The Balaban J connectivity index is 1.62. The Morgan fingerprint density at radius 2 is 2.15 bits per heavy atom. The van der Waals surface area contributed by atoms with E-state index in [1.165, 1.54) is 10.4 Å². The lowest BCUT2D eigenvalue weighted by Gasteiger charge is -2.22. The second-order valence-corrected chi connectivity index (χ2v) is 6.41. The maximum Gasteiger partial charge on any atom is 0.227 e. The first-order valence-electron chi connectivity index (χ1n) is 7.18. The van der Waals surface area contributed by atoms with Crippen LogP contribution >= 0.6 is 11.3 Å². The number of para-hydroxylation sites is 1. The summed E-state index contributed by atoms with van der Waals surface area (Å²) in [5, 5.41) is 2.09. The molecule has 0 saturated carbocycles. The van der Waals surface area contributed by atoms with Crippen molar-refractivity contribution >= 4 is 22.9 Å². The van der Waals surface area contributed by atoms with E-state index in [1.807, 2.05) is 11.0 Å². The predicted molar refractivity (Wildman–Crippen MR) is 84.4 cm³/mol. The molecule has 20 heavy (non-hydrogen) atoms. The Labute approximate surface area is 124 Å². The lowest BCUT2D eigenvalue weighted by atomic mass is 10.1. The first kappa shape index (κ1) is 13.4. The summed E-state index contributed by atoms with van der Waals surface area (Å²) in [6.07, 6.45) is 3.56. The number of hydrogen-bond acceptors (Lipinski definition) is 2. The molecule has 2 nitrogen and oxygen atoms in total. The van der Waals surface area contributed by atoms with Gasteiger partial charge in [0.2, 0.25) is 5.91 Å². The highest BCUT2D eigenvalue weighted by Crippen LogP contribution is 2.32. The molecule has 1 amide bonds. The number of rotatable bonds is 4. The maximum atomic E-state index is 12.5. The van der Waals surface area contributed by atoms with Crippen LogP contribution in [0.3, 0.4) is 0 Å². The Bertz CT molecular complexity index is 591. The van der Waals surface area contributed by atoms with E-state index in [1.54, 1.807) is 11.3 Å². The molecular weight excluding hydrogens is 266 g/mol. The second-order valence-electron chi connectivity index (χ2n) is 5.38. The summed E-state index contributed by atoms with van der Waals surface area (Å²) >= 11 is 1.77. The van der Waals surface area contributed by atoms with Gasteiger partial charge in [0.25, 0.3) is 0 Å². The molecular formula is C17H19NOS. The van der Waals surface area contributed by atoms with Gasteiger partial charge in [0, 0.05) is 23.0 Å². The fourth-order valence-electron chi connectivity index (χ4n) is 2.93. The van der Waals surface area contributed by atoms with Crippen molar-refractivity contribution in [1.29, 1.82) is 0 Å². The van der Waals surface area contributed by atoms with Gasteiger partial charge < -0.3 is 4.90 Å². The Morgan fingerprint density at radius 1 is 1.30 bits per heavy atom. The molecule has 2 heterocycles. The number of anilines is 1. The van der Waals surface area contributed by atoms with Gasteiger partial charge in [-0.1, -0.05) is 24.3 Å². The SMILES string of the molecule is CC1Cc2ccccc2N1C(=O)CCCc1cccs1. The van der Waals surface area contributed by atoms with E-state index >= 15 is 0 Å². The van der Waals surface area contributed by atoms with E-state index in [0.29, 0.717) is 12.5 Å². The van der Waals surface area contributed by atoms with Crippen molar-refractivity contribution in [2.75, 3.05) is 4.90 Å². The monoisotopic (exact) mass is 285 g/mol. The van der Waals surface area contributed by atoms with Crippen LogP contribution in [0.1, 0.15) is 30.2 Å². The van der Waals surface area contributed by atoms with Gasteiger partial charge in [0.1, 0.15) is 0 Å². The molecule has 0 saturated heterocycles. The Kier molecular flexibility index (Phi) is 3.88. The number of thiophene rings is 1. The highest BCUT2D eigenvalue weighted by molar-refractivity contribution is 7.09. The summed E-state index contributed by atoms with van der Waals surface area (Å²) in [5.74, 6) is 0.263. The number of hydrogen-bond donors (Lipinski definition) is 0. The molecule has 0 fully saturated rings. The number of carbonyl (C=O) groups is 1. The van der Waals surface area contributed by atoms with Crippen molar-refractivity contribution in [3.05, 3.63) is 52.2 Å². The van der Waals surface area contributed by atoms with Gasteiger partial charge in [0.05, 0.1) is 0 Å². The zero-order valence-electron chi connectivity index (χ0n) is 11.7. The molecule has 1 aliphatic heterocycles. The normalized spacial score (nSPS) is 17.2. The summed E-state index contributed by atoms with van der Waals surface area (Å²) in [6.45, 7) is 2.14. The fourth-order valence-corrected chi connectivity index (χ4v) is 3.69. The molecule has 1 atom stereocenters. The molecule has 3 heteroatoms. The van der Waals surface area contributed by atoms with Crippen LogP contribution < -0.4 is 4.90 Å². The van der Waals surface area contributed by atoms with E-state index in [4.69, 9.17) is 0 Å². The largest absolute Gasteiger partial charge is 0.309 e. The number of carbonyl (C=O) groups excluding carboxylic acids is 1. The molecule has 0 radical (unpaired) electrons. The van der Waals surface area contributed by atoms with Crippen molar-refractivity contribution in [3.8, 4) is 0 Å². The second kappa shape index (κ2) is 5.80. The van der Waals surface area contributed by atoms with Crippen LogP contribution in [0.2, 0.25) is 0 Å². The number of amides is 1. The predicted octanol–water partition coefficient (Wildman–Crippen LogP) is 4.05. The standard InChI is InChI=1S/C17H19NOS/c1-13-12-14-6-2-3-9-16(14)18(13)17(19)10-4-7-15-8-5-11-20-15/h2-3,5-6,8-9,11,13H,4,7,10,12H2,1H3. The van der Waals surface area contributed by atoms with Gasteiger partial charge in [-0.05, 0) is 49.3 Å². The average molecular weight is 285 g/mol. The Hall–Kier alpha value is -1.61. The third-order valence-electron chi connectivity index (χ3n) is 3.87. The van der Waals surface area contributed by atoms with Gasteiger partial charge >= 0.3 is 0 Å². The lowest BCUT2D eigenvalue weighted by Crippen LogP contribution is -2.35. The van der Waals surface area contributed by atoms with E-state index < -0.39 is 0 Å². The van der Waals surface area contributed by atoms with Crippen molar-refractivity contribution in [2.45, 2.75) is 38.6 Å². The molecule has 0 bridgehead atoms. The van der Waals surface area contributed by atoms with E-state index in [9.17, 15) is 4.79 Å². The minimum absolute atomic E-state index is 0.263. The highest BCUT2D eigenvalue weighted by atomic mass is 32.1. The molecule has 1 aliphatic rings. The molecule has 2 aromatic rings. The number of aryl methyl sites for hydroxylation is 1. The van der Waals surface area contributed by atoms with Crippen molar-refractivity contribution in [3.63, 3.8) is 0 Å². The van der Waals surface area contributed by atoms with E-state index in [-0.39, 0.29) is 5.91 Å². The van der Waals surface area contributed by atoms with Crippen LogP contribution in [0.25, 0.3) is 0 Å². The zero-order chi connectivity index (χ0) is 13.9. The van der Waals surface area contributed by atoms with Crippen molar-refractivity contribution in [2.24, 2.45) is 0 Å². The Morgan fingerprint density at radius 3 is 2.95 bits per heavy atom. The van der Waals surface area contributed by atoms with E-state index in [0.717, 1.165) is 24.9 Å². The minimum Gasteiger partial charge on any atom is -0.309 e. The van der Waals surface area contributed by atoms with Gasteiger partial charge in [-0.3, -0.25) is 4.79 Å². The summed E-state index contributed by atoms with van der Waals surface area (Å²) in [6, 6.07) is 12.8. The summed E-state index contributed by atoms with van der Waals surface area (Å²) < 4.78 is 0. The molecule has 1 unspecified atom stereocenters. The molecule has 104 valence electrons. The third kappa shape index (κ3) is 2.63. The quantitative estimate of drug-likeness (QED) is 0.830. The number of benzene rings is 1. The van der Waals surface area contributed by atoms with Crippen LogP contribution in [0.5, 0.6) is 0 Å². The van der Waals surface area contributed by atoms with Crippen LogP contribution in [-0.2, 0) is 17.6 Å². The van der Waals surface area contributed by atoms with Crippen molar-refractivity contribution in [1.82, 2.24) is 0 Å². The fraction of sp³-hybridized carbons (Fsp3) is 0.353. The van der Waals surface area contributed by atoms with Gasteiger partial charge in [0.15, 0.2) is 0 Å². The lowest BCUT2D eigenvalue weighted by molar-refractivity contribution is -0.119. The van der Waals surface area contributed by atoms with E-state index in [2.05, 4.69) is 42.6 Å². The van der Waals surface area contributed by atoms with Gasteiger partial charge in [-0.15, -0.1) is 11.3 Å². The highest BCUT2D eigenvalue weighted by Gasteiger charge is 2.29. The van der Waals surface area contributed by atoms with Crippen LogP contribution in [0.15, 0.2) is 41.8 Å². The maximum absolute atomic E-state index is 12.5. The van der Waals surface area contributed by atoms with Gasteiger partial charge in [-0.2, -0.15) is 0 Å².